The first-order valence-electron chi connectivity index (χ1n) is 5.85. The first-order chi connectivity index (χ1) is 8.91. The number of rotatable bonds is 5. The zero-order chi connectivity index (χ0) is 14.0. The van der Waals surface area contributed by atoms with Crippen LogP contribution in [0.15, 0.2) is 27.1 Å². The van der Waals surface area contributed by atoms with Crippen molar-refractivity contribution in [1.82, 2.24) is 9.29 Å². The molecule has 0 saturated carbocycles. The molecule has 2 heterocycles. The van der Waals surface area contributed by atoms with Crippen LogP contribution in [0.4, 0.5) is 0 Å². The van der Waals surface area contributed by atoms with Crippen LogP contribution in [0, 0.1) is 0 Å². The maximum atomic E-state index is 12.3. The van der Waals surface area contributed by atoms with Gasteiger partial charge in [0, 0.05) is 18.3 Å². The summed E-state index contributed by atoms with van der Waals surface area (Å²) in [5.41, 5.74) is 0.802. The largest absolute Gasteiger partial charge is 0.252 e. The Kier molecular flexibility index (Phi) is 4.39. The van der Waals surface area contributed by atoms with Crippen molar-refractivity contribution in [1.29, 1.82) is 0 Å². The van der Waals surface area contributed by atoms with E-state index in [-0.39, 0.29) is 0 Å². The third kappa shape index (κ3) is 3.22. The minimum Gasteiger partial charge on any atom is -0.245 e. The van der Waals surface area contributed by atoms with E-state index in [1.807, 2.05) is 5.38 Å². The molecule has 0 atom stereocenters. The molecule has 0 aliphatic carbocycles. The fourth-order valence-corrected chi connectivity index (χ4v) is 4.71. The molecule has 0 saturated heterocycles. The molecule has 0 spiro atoms. The summed E-state index contributed by atoms with van der Waals surface area (Å²) in [6, 6.07) is 3.36. The van der Waals surface area contributed by atoms with E-state index in [0.29, 0.717) is 16.7 Å². The highest BCUT2D eigenvalue weighted by Gasteiger charge is 2.22. The van der Waals surface area contributed by atoms with Gasteiger partial charge in [-0.15, -0.1) is 22.7 Å². The van der Waals surface area contributed by atoms with Gasteiger partial charge >= 0.3 is 0 Å². The molecule has 0 unspecified atom stereocenters. The van der Waals surface area contributed by atoms with Crippen LogP contribution in [-0.4, -0.2) is 24.8 Å². The molecule has 0 N–H and O–H groups in total. The second kappa shape index (κ2) is 5.70. The van der Waals surface area contributed by atoms with Gasteiger partial charge in [-0.25, -0.2) is 13.4 Å². The van der Waals surface area contributed by atoms with Crippen molar-refractivity contribution >= 4 is 32.7 Å². The van der Waals surface area contributed by atoms with Crippen LogP contribution >= 0.6 is 22.7 Å². The average Bonchev–Trinajstić information content (AvgIpc) is 2.99. The Bertz CT molecular complexity index is 630. The van der Waals surface area contributed by atoms with Gasteiger partial charge in [0.05, 0.1) is 17.2 Å². The summed E-state index contributed by atoms with van der Waals surface area (Å²) in [4.78, 5) is 4.46. The Morgan fingerprint density at radius 3 is 2.63 bits per heavy atom. The SMILES string of the molecule is CC(C)c1nc(CN(C)S(=O)(=O)c2cccs2)cs1. The lowest BCUT2D eigenvalue weighted by atomic mass is 10.2. The summed E-state index contributed by atoms with van der Waals surface area (Å²) >= 11 is 2.81. The topological polar surface area (TPSA) is 50.3 Å². The average molecular weight is 316 g/mol. The molecular weight excluding hydrogens is 300 g/mol. The third-order valence-electron chi connectivity index (χ3n) is 2.61. The molecule has 4 nitrogen and oxygen atoms in total. The molecule has 2 aromatic heterocycles. The zero-order valence-electron chi connectivity index (χ0n) is 11.0. The third-order valence-corrected chi connectivity index (χ3v) is 6.98. The summed E-state index contributed by atoms with van der Waals surface area (Å²) in [6.45, 7) is 4.47. The minimum atomic E-state index is -3.39. The molecule has 0 radical (unpaired) electrons. The van der Waals surface area contributed by atoms with Gasteiger partial charge in [-0.1, -0.05) is 19.9 Å². The molecular formula is C12H16N2O2S3. The zero-order valence-corrected chi connectivity index (χ0v) is 13.5. The van der Waals surface area contributed by atoms with E-state index in [9.17, 15) is 8.42 Å². The lowest BCUT2D eigenvalue weighted by molar-refractivity contribution is 0.464. The van der Waals surface area contributed by atoms with Gasteiger partial charge in [0.15, 0.2) is 0 Å². The second-order valence-corrected chi connectivity index (χ2v) is 8.63. The highest BCUT2D eigenvalue weighted by atomic mass is 32.2. The number of hydrogen-bond donors (Lipinski definition) is 0. The number of sulfonamides is 1. The Labute approximate surface area is 121 Å². The van der Waals surface area contributed by atoms with Crippen LogP contribution in [0.1, 0.15) is 30.5 Å². The summed E-state index contributed by atoms with van der Waals surface area (Å²) in [7, 11) is -1.80. The molecule has 0 bridgehead atoms. The summed E-state index contributed by atoms with van der Waals surface area (Å²) < 4.78 is 26.2. The van der Waals surface area contributed by atoms with E-state index in [1.165, 1.54) is 15.6 Å². The first-order valence-corrected chi connectivity index (χ1v) is 9.05. The van der Waals surface area contributed by atoms with Crippen LogP contribution in [0.2, 0.25) is 0 Å². The standard InChI is InChI=1S/C12H16N2O2S3/c1-9(2)12-13-10(8-18-12)7-14(3)19(15,16)11-5-4-6-17-11/h4-6,8-9H,7H2,1-3H3. The monoisotopic (exact) mass is 316 g/mol. The van der Waals surface area contributed by atoms with Crippen molar-refractivity contribution in [2.75, 3.05) is 7.05 Å². The second-order valence-electron chi connectivity index (χ2n) is 4.52. The predicted molar refractivity (Wildman–Crippen MR) is 79.2 cm³/mol. The number of nitrogens with zero attached hydrogens (tertiary/aromatic N) is 2. The number of hydrogen-bond acceptors (Lipinski definition) is 5. The molecule has 2 aromatic rings. The van der Waals surface area contributed by atoms with Gasteiger partial charge in [-0.2, -0.15) is 4.31 Å². The van der Waals surface area contributed by atoms with Gasteiger partial charge in [-0.3, -0.25) is 0 Å². The van der Waals surface area contributed by atoms with Gasteiger partial charge in [0.25, 0.3) is 10.0 Å². The van der Waals surface area contributed by atoms with E-state index in [2.05, 4.69) is 18.8 Å². The quantitative estimate of drug-likeness (QED) is 0.851. The molecule has 7 heteroatoms. The highest BCUT2D eigenvalue weighted by molar-refractivity contribution is 7.91. The summed E-state index contributed by atoms with van der Waals surface area (Å²) in [5, 5.41) is 4.73. The number of thiazole rings is 1. The highest BCUT2D eigenvalue weighted by Crippen LogP contribution is 2.23. The molecule has 0 aromatic carbocycles. The lowest BCUT2D eigenvalue weighted by Crippen LogP contribution is -2.25. The molecule has 0 amide bonds. The van der Waals surface area contributed by atoms with Gasteiger partial charge in [0.1, 0.15) is 4.21 Å². The molecule has 0 aliphatic rings. The van der Waals surface area contributed by atoms with Crippen LogP contribution < -0.4 is 0 Å². The minimum absolute atomic E-state index is 0.309. The Morgan fingerprint density at radius 2 is 2.11 bits per heavy atom. The van der Waals surface area contributed by atoms with Crippen LogP contribution in [-0.2, 0) is 16.6 Å². The Balaban J connectivity index is 2.14. The van der Waals surface area contributed by atoms with Crippen molar-refractivity contribution < 1.29 is 8.42 Å². The van der Waals surface area contributed by atoms with Crippen molar-refractivity contribution in [2.45, 2.75) is 30.5 Å². The van der Waals surface area contributed by atoms with Gasteiger partial charge in [-0.05, 0) is 11.4 Å². The van der Waals surface area contributed by atoms with E-state index < -0.39 is 10.0 Å². The fourth-order valence-electron chi connectivity index (χ4n) is 1.54. The van der Waals surface area contributed by atoms with Crippen molar-refractivity contribution in [3.63, 3.8) is 0 Å². The summed E-state index contributed by atoms with van der Waals surface area (Å²) in [5.74, 6) is 0.373. The molecule has 0 aliphatic heterocycles. The predicted octanol–water partition coefficient (Wildman–Crippen LogP) is 3.15. The van der Waals surface area contributed by atoms with Gasteiger partial charge in [0.2, 0.25) is 0 Å². The molecule has 2 rings (SSSR count). The van der Waals surface area contributed by atoms with Gasteiger partial charge < -0.3 is 0 Å². The lowest BCUT2D eigenvalue weighted by Gasteiger charge is -2.14. The van der Waals surface area contributed by atoms with Crippen LogP contribution in [0.3, 0.4) is 0 Å². The number of aromatic nitrogens is 1. The fraction of sp³-hybridized carbons (Fsp3) is 0.417. The van der Waals surface area contributed by atoms with E-state index >= 15 is 0 Å². The van der Waals surface area contributed by atoms with E-state index in [1.54, 1.807) is 35.9 Å². The summed E-state index contributed by atoms with van der Waals surface area (Å²) in [6.07, 6.45) is 0. The van der Waals surface area contributed by atoms with Crippen LogP contribution in [0.25, 0.3) is 0 Å². The van der Waals surface area contributed by atoms with E-state index in [4.69, 9.17) is 0 Å². The van der Waals surface area contributed by atoms with E-state index in [0.717, 1.165) is 10.7 Å². The van der Waals surface area contributed by atoms with Crippen molar-refractivity contribution in [2.24, 2.45) is 0 Å². The normalized spacial score (nSPS) is 12.5. The maximum Gasteiger partial charge on any atom is 0.252 e. The maximum absolute atomic E-state index is 12.3. The van der Waals surface area contributed by atoms with Crippen molar-refractivity contribution in [3.8, 4) is 0 Å². The smallest absolute Gasteiger partial charge is 0.245 e. The van der Waals surface area contributed by atoms with Crippen molar-refractivity contribution in [3.05, 3.63) is 33.6 Å². The Hall–Kier alpha value is -0.760. The number of thiophene rings is 1. The Morgan fingerprint density at radius 1 is 1.37 bits per heavy atom. The molecule has 104 valence electrons. The molecule has 19 heavy (non-hydrogen) atoms. The first kappa shape index (κ1) is 14.6. The van der Waals surface area contributed by atoms with Crippen LogP contribution in [0.5, 0.6) is 0 Å². The molecule has 0 fully saturated rings.